The fraction of sp³-hybridized carbons (Fsp3) is 0.381. The minimum Gasteiger partial charge on any atom is -0.482 e. The monoisotopic (exact) mass is 482 g/mol. The van der Waals surface area contributed by atoms with Crippen molar-refractivity contribution in [3.05, 3.63) is 47.0 Å². The van der Waals surface area contributed by atoms with Crippen LogP contribution in [-0.4, -0.2) is 32.0 Å². The zero-order valence-corrected chi connectivity index (χ0v) is 17.1. The van der Waals surface area contributed by atoms with Gasteiger partial charge in [-0.15, -0.1) is 0 Å². The van der Waals surface area contributed by atoms with Gasteiger partial charge in [0.1, 0.15) is 11.5 Å². The highest BCUT2D eigenvalue weighted by Crippen LogP contribution is 2.42. The lowest BCUT2D eigenvalue weighted by Crippen LogP contribution is -2.27. The van der Waals surface area contributed by atoms with Crippen molar-refractivity contribution in [1.29, 1.82) is 0 Å². The highest BCUT2D eigenvalue weighted by Gasteiger charge is 2.32. The van der Waals surface area contributed by atoms with Gasteiger partial charge in [0, 0.05) is 24.8 Å². The SMILES string of the molecule is O=C(Oc1cc(Cl)c(OCC(F)(F)F)c(-c2ccc(C(F)(F)F)cc2)c1)C1CCOCC1. The zero-order chi connectivity index (χ0) is 23.5. The van der Waals surface area contributed by atoms with Crippen molar-refractivity contribution in [2.24, 2.45) is 5.92 Å². The first-order valence-electron chi connectivity index (χ1n) is 9.44. The summed E-state index contributed by atoms with van der Waals surface area (Å²) in [5.41, 5.74) is -0.890. The number of rotatable bonds is 5. The van der Waals surface area contributed by atoms with Gasteiger partial charge in [0.2, 0.25) is 0 Å². The molecule has 0 atom stereocenters. The van der Waals surface area contributed by atoms with Gasteiger partial charge in [-0.3, -0.25) is 4.79 Å². The van der Waals surface area contributed by atoms with Gasteiger partial charge in [-0.25, -0.2) is 0 Å². The van der Waals surface area contributed by atoms with Crippen molar-refractivity contribution in [2.45, 2.75) is 25.2 Å². The Morgan fingerprint density at radius 2 is 1.66 bits per heavy atom. The predicted molar refractivity (Wildman–Crippen MR) is 103 cm³/mol. The van der Waals surface area contributed by atoms with E-state index >= 15 is 0 Å². The molecule has 0 unspecified atom stereocenters. The molecular weight excluding hydrogens is 466 g/mol. The molecular formula is C21H17ClF6O4. The molecule has 0 saturated carbocycles. The van der Waals surface area contributed by atoms with Crippen LogP contribution >= 0.6 is 11.6 Å². The molecule has 1 heterocycles. The van der Waals surface area contributed by atoms with E-state index in [-0.39, 0.29) is 21.9 Å². The largest absolute Gasteiger partial charge is 0.482 e. The average Bonchev–Trinajstić information content (AvgIpc) is 2.72. The number of halogens is 7. The van der Waals surface area contributed by atoms with Crippen LogP contribution in [-0.2, 0) is 15.7 Å². The van der Waals surface area contributed by atoms with E-state index in [1.165, 1.54) is 6.07 Å². The molecule has 0 bridgehead atoms. The molecule has 0 aliphatic carbocycles. The number of alkyl halides is 6. The molecule has 174 valence electrons. The smallest absolute Gasteiger partial charge is 0.422 e. The molecule has 4 nitrogen and oxygen atoms in total. The standard InChI is InChI=1S/C21H17ClF6O4/c22-17-10-15(32-19(29)13-5-7-30-8-6-13)9-16(18(17)31-11-20(23,24)25)12-1-3-14(4-2-12)21(26,27)28/h1-4,9-10,13H,5-8,11H2. The van der Waals surface area contributed by atoms with Gasteiger partial charge >= 0.3 is 18.3 Å². The van der Waals surface area contributed by atoms with Crippen LogP contribution in [0.3, 0.4) is 0 Å². The maximum atomic E-state index is 12.9. The van der Waals surface area contributed by atoms with Crippen LogP contribution in [0.2, 0.25) is 5.02 Å². The van der Waals surface area contributed by atoms with Crippen LogP contribution in [0.25, 0.3) is 11.1 Å². The van der Waals surface area contributed by atoms with Gasteiger partial charge in [0.25, 0.3) is 0 Å². The number of hydrogen-bond acceptors (Lipinski definition) is 4. The molecule has 0 spiro atoms. The average molecular weight is 483 g/mol. The lowest BCUT2D eigenvalue weighted by Gasteiger charge is -2.21. The van der Waals surface area contributed by atoms with Gasteiger partial charge in [0.15, 0.2) is 6.61 Å². The Hall–Kier alpha value is -2.46. The van der Waals surface area contributed by atoms with Gasteiger partial charge in [-0.2, -0.15) is 26.3 Å². The summed E-state index contributed by atoms with van der Waals surface area (Å²) >= 11 is 6.10. The lowest BCUT2D eigenvalue weighted by atomic mass is 10.0. The Bertz CT molecular complexity index is 950. The second kappa shape index (κ2) is 9.58. The summed E-state index contributed by atoms with van der Waals surface area (Å²) in [5.74, 6) is -1.44. The van der Waals surface area contributed by atoms with Crippen molar-refractivity contribution in [3.63, 3.8) is 0 Å². The quantitative estimate of drug-likeness (QED) is 0.285. The van der Waals surface area contributed by atoms with Crippen molar-refractivity contribution in [2.75, 3.05) is 19.8 Å². The molecule has 0 amide bonds. The number of carbonyl (C=O) groups is 1. The van der Waals surface area contributed by atoms with Crippen LogP contribution in [0.4, 0.5) is 26.3 Å². The Kier molecular flexibility index (Phi) is 7.24. The summed E-state index contributed by atoms with van der Waals surface area (Å²) in [7, 11) is 0. The number of esters is 1. The van der Waals surface area contributed by atoms with E-state index in [9.17, 15) is 31.1 Å². The minimum atomic E-state index is -4.67. The zero-order valence-electron chi connectivity index (χ0n) is 16.4. The van der Waals surface area contributed by atoms with Crippen molar-refractivity contribution in [3.8, 4) is 22.6 Å². The molecule has 2 aromatic carbocycles. The topological polar surface area (TPSA) is 44.8 Å². The first kappa shape index (κ1) is 24.2. The van der Waals surface area contributed by atoms with Gasteiger partial charge in [0.05, 0.1) is 16.5 Å². The van der Waals surface area contributed by atoms with E-state index in [1.807, 2.05) is 0 Å². The summed E-state index contributed by atoms with van der Waals surface area (Å²) in [5, 5.41) is -0.290. The summed E-state index contributed by atoms with van der Waals surface area (Å²) in [6.07, 6.45) is -8.36. The molecule has 0 N–H and O–H groups in total. The summed E-state index contributed by atoms with van der Waals surface area (Å²) in [6, 6.07) is 6.02. The fourth-order valence-electron chi connectivity index (χ4n) is 3.11. The third-order valence-corrected chi connectivity index (χ3v) is 4.97. The molecule has 3 rings (SSSR count). The summed E-state index contributed by atoms with van der Waals surface area (Å²) in [4.78, 5) is 12.4. The maximum absolute atomic E-state index is 12.9. The molecule has 0 aromatic heterocycles. The van der Waals surface area contributed by atoms with E-state index in [1.54, 1.807) is 0 Å². The Morgan fingerprint density at radius 1 is 1.03 bits per heavy atom. The molecule has 11 heteroatoms. The van der Waals surface area contributed by atoms with Crippen molar-refractivity contribution in [1.82, 2.24) is 0 Å². The summed E-state index contributed by atoms with van der Waals surface area (Å²) in [6.45, 7) is -0.884. The normalized spacial score (nSPS) is 15.5. The molecule has 0 radical (unpaired) electrons. The Balaban J connectivity index is 1.95. The second-order valence-corrected chi connectivity index (χ2v) is 7.48. The van der Waals surface area contributed by atoms with E-state index in [2.05, 4.69) is 0 Å². The van der Waals surface area contributed by atoms with Crippen LogP contribution in [0.15, 0.2) is 36.4 Å². The third kappa shape index (κ3) is 6.29. The molecule has 1 fully saturated rings. The van der Waals surface area contributed by atoms with Crippen molar-refractivity contribution >= 4 is 17.6 Å². The molecule has 1 saturated heterocycles. The number of hydrogen-bond donors (Lipinski definition) is 0. The van der Waals surface area contributed by atoms with Crippen LogP contribution in [0.5, 0.6) is 11.5 Å². The highest BCUT2D eigenvalue weighted by molar-refractivity contribution is 6.32. The Labute approximate surface area is 184 Å². The third-order valence-electron chi connectivity index (χ3n) is 4.69. The van der Waals surface area contributed by atoms with Crippen LogP contribution in [0.1, 0.15) is 18.4 Å². The number of ether oxygens (including phenoxy) is 3. The van der Waals surface area contributed by atoms with E-state index in [4.69, 9.17) is 25.8 Å². The first-order chi connectivity index (χ1) is 14.9. The summed E-state index contributed by atoms with van der Waals surface area (Å²) < 4.78 is 92.0. The van der Waals surface area contributed by atoms with E-state index < -0.39 is 42.2 Å². The fourth-order valence-corrected chi connectivity index (χ4v) is 3.38. The lowest BCUT2D eigenvalue weighted by molar-refractivity contribution is -0.153. The molecule has 1 aliphatic rings. The first-order valence-corrected chi connectivity index (χ1v) is 9.82. The molecule has 2 aromatic rings. The molecule has 1 aliphatic heterocycles. The number of benzene rings is 2. The van der Waals surface area contributed by atoms with E-state index in [0.717, 1.165) is 30.3 Å². The maximum Gasteiger partial charge on any atom is 0.422 e. The van der Waals surface area contributed by atoms with Gasteiger partial charge in [-0.1, -0.05) is 23.7 Å². The number of carbonyl (C=O) groups excluding carboxylic acids is 1. The second-order valence-electron chi connectivity index (χ2n) is 7.07. The van der Waals surface area contributed by atoms with Crippen LogP contribution < -0.4 is 9.47 Å². The predicted octanol–water partition coefficient (Wildman–Crippen LogP) is 6.30. The minimum absolute atomic E-state index is 0.0507. The van der Waals surface area contributed by atoms with Gasteiger partial charge in [-0.05, 0) is 36.6 Å². The van der Waals surface area contributed by atoms with Gasteiger partial charge < -0.3 is 14.2 Å². The van der Waals surface area contributed by atoms with Crippen molar-refractivity contribution < 1.29 is 45.3 Å². The van der Waals surface area contributed by atoms with Crippen LogP contribution in [0, 0.1) is 5.92 Å². The molecule has 32 heavy (non-hydrogen) atoms. The highest BCUT2D eigenvalue weighted by atomic mass is 35.5. The Morgan fingerprint density at radius 3 is 2.22 bits per heavy atom. The van der Waals surface area contributed by atoms with E-state index in [0.29, 0.717) is 26.1 Å².